The van der Waals surface area contributed by atoms with Crippen molar-refractivity contribution in [2.75, 3.05) is 0 Å². The minimum Gasteiger partial charge on any atom is -0.478 e. The number of rotatable bonds is 5. The van der Waals surface area contributed by atoms with E-state index in [-0.39, 0.29) is 32.5 Å². The summed E-state index contributed by atoms with van der Waals surface area (Å²) in [6.45, 7) is 9.45. The average Bonchev–Trinajstić information content (AvgIpc) is 3.04. The first kappa shape index (κ1) is 24.8. The molecule has 3 unspecified atom stereocenters. The second-order valence-electron chi connectivity index (χ2n) is 8.49. The zero-order valence-corrected chi connectivity index (χ0v) is 21.3. The first-order chi connectivity index (χ1) is 14.1. The van der Waals surface area contributed by atoms with Crippen LogP contribution in [-0.2, 0) is 14.3 Å². The smallest absolute Gasteiger partial charge is 0.335 e. The minimum absolute atomic E-state index is 0.0277. The van der Waals surface area contributed by atoms with Crippen molar-refractivity contribution < 1.29 is 32.4 Å². The summed E-state index contributed by atoms with van der Waals surface area (Å²) in [6, 6.07) is 11.0. The monoisotopic (exact) mass is 464 g/mol. The highest BCUT2D eigenvalue weighted by Gasteiger charge is 2.68. The van der Waals surface area contributed by atoms with Gasteiger partial charge < -0.3 is 10.2 Å². The van der Waals surface area contributed by atoms with E-state index in [1.54, 1.807) is 24.3 Å². The molecule has 1 fully saturated rings. The van der Waals surface area contributed by atoms with Crippen LogP contribution in [0.3, 0.4) is 0 Å². The first-order valence-corrected chi connectivity index (χ1v) is 12.1. The molecule has 7 nitrogen and oxygen atoms in total. The van der Waals surface area contributed by atoms with Crippen LogP contribution in [0.2, 0.25) is 5.04 Å². The van der Waals surface area contributed by atoms with E-state index in [9.17, 15) is 18.0 Å². The third kappa shape index (κ3) is 4.89. The Morgan fingerprint density at radius 2 is 1.39 bits per heavy atom. The van der Waals surface area contributed by atoms with Crippen molar-refractivity contribution in [3.8, 4) is 0 Å². The average molecular weight is 465 g/mol. The van der Waals surface area contributed by atoms with Crippen LogP contribution in [0.25, 0.3) is 0 Å². The van der Waals surface area contributed by atoms with Crippen LogP contribution in [0.4, 0.5) is 0 Å². The van der Waals surface area contributed by atoms with Crippen LogP contribution in [0.1, 0.15) is 52.6 Å². The van der Waals surface area contributed by atoms with E-state index in [1.807, 2.05) is 13.8 Å². The predicted molar refractivity (Wildman–Crippen MR) is 120 cm³/mol. The molecule has 1 saturated carbocycles. The van der Waals surface area contributed by atoms with Gasteiger partial charge in [-0.1, -0.05) is 37.6 Å². The molecule has 0 heterocycles. The van der Waals surface area contributed by atoms with Crippen LogP contribution in [0.5, 0.6) is 0 Å². The predicted octanol–water partition coefficient (Wildman–Crippen LogP) is 3.04. The van der Waals surface area contributed by atoms with E-state index in [2.05, 4.69) is 13.8 Å². The normalized spacial score (nSPS) is 24.7. The van der Waals surface area contributed by atoms with Crippen molar-refractivity contribution in [3.63, 3.8) is 0 Å². The summed E-state index contributed by atoms with van der Waals surface area (Å²) in [5.74, 6) is -1.93. The van der Waals surface area contributed by atoms with Crippen LogP contribution < -0.4 is 0 Å². The Hall–Kier alpha value is -2.49. The molecular weight excluding hydrogens is 436 g/mol. The van der Waals surface area contributed by atoms with Crippen LogP contribution in [0, 0.1) is 19.8 Å². The van der Waals surface area contributed by atoms with Crippen LogP contribution >= 0.6 is 0 Å². The van der Waals surface area contributed by atoms with Crippen molar-refractivity contribution in [1.82, 2.24) is 0 Å². The van der Waals surface area contributed by atoms with Crippen molar-refractivity contribution in [3.05, 3.63) is 64.7 Å². The number of benzene rings is 2. The maximum atomic E-state index is 12.2. The van der Waals surface area contributed by atoms with Gasteiger partial charge in [0, 0.05) is 10.2 Å². The zero-order valence-electron chi connectivity index (χ0n) is 18.5. The molecule has 0 aromatic heterocycles. The number of aromatic carboxylic acids is 2. The molecule has 31 heavy (non-hydrogen) atoms. The molecule has 0 spiro atoms. The summed E-state index contributed by atoms with van der Waals surface area (Å²) < 4.78 is 29.9. The van der Waals surface area contributed by atoms with Crippen molar-refractivity contribution in [2.45, 2.75) is 50.2 Å². The third-order valence-electron chi connectivity index (χ3n) is 6.49. The van der Waals surface area contributed by atoms with Gasteiger partial charge in [0.25, 0.3) is 10.1 Å². The van der Waals surface area contributed by atoms with Crippen molar-refractivity contribution >= 4 is 32.3 Å². The fourth-order valence-corrected chi connectivity index (χ4v) is 5.96. The Morgan fingerprint density at radius 1 is 0.968 bits per heavy atom. The van der Waals surface area contributed by atoms with Gasteiger partial charge in [0.1, 0.15) is 0 Å². The lowest BCUT2D eigenvalue weighted by Crippen LogP contribution is -2.21. The van der Waals surface area contributed by atoms with Gasteiger partial charge in [-0.05, 0) is 61.6 Å². The Balaban J connectivity index is 0.000000233. The maximum absolute atomic E-state index is 12.2. The van der Waals surface area contributed by atoms with Gasteiger partial charge >= 0.3 is 11.9 Å². The fourth-order valence-electron chi connectivity index (χ4n) is 3.49. The molecule has 168 valence electrons. The molecule has 2 N–H and O–H groups in total. The highest BCUT2D eigenvalue weighted by atomic mass is 32.2. The van der Waals surface area contributed by atoms with Gasteiger partial charge in [-0.2, -0.15) is 8.42 Å². The molecule has 0 saturated heterocycles. The molecule has 1 aliphatic carbocycles. The Bertz CT molecular complexity index is 1070. The second kappa shape index (κ2) is 8.56. The standard InChI is InChI=1S/C13H20O3SSi.C9H8O4/c1-9-5-7-11(8-6-9)17(14,15)16-12(3)10(2)13(12,4)18;1-5-6(8(10)11)3-2-4-7(5)9(12)13/h5-8,10H,1-4,18H3;2-4H,1H3,(H,10,11)(H,12,13). The SMILES string of the molecule is Cc1c(C(=O)O)cccc1C(=O)O.Cc1ccc(S(=O)(=O)OC2(C)C(C)C2(C)[SiH3])cc1. The van der Waals surface area contributed by atoms with Crippen molar-refractivity contribution in [1.29, 1.82) is 0 Å². The maximum Gasteiger partial charge on any atom is 0.335 e. The molecule has 2 aromatic carbocycles. The first-order valence-electron chi connectivity index (χ1n) is 9.73. The lowest BCUT2D eigenvalue weighted by Gasteiger charge is -2.16. The molecule has 0 radical (unpaired) electrons. The molecule has 2 aromatic rings. The molecule has 0 aliphatic heterocycles. The Morgan fingerprint density at radius 3 is 1.74 bits per heavy atom. The van der Waals surface area contributed by atoms with E-state index < -0.39 is 27.7 Å². The van der Waals surface area contributed by atoms with Gasteiger partial charge in [0.2, 0.25) is 0 Å². The molecule has 1 aliphatic rings. The van der Waals surface area contributed by atoms with Crippen molar-refractivity contribution in [2.24, 2.45) is 5.92 Å². The quantitative estimate of drug-likeness (QED) is 0.516. The van der Waals surface area contributed by atoms with Gasteiger partial charge in [0.15, 0.2) is 0 Å². The minimum atomic E-state index is -3.65. The summed E-state index contributed by atoms with van der Waals surface area (Å²) in [7, 11) is -2.73. The van der Waals surface area contributed by atoms with E-state index >= 15 is 0 Å². The summed E-state index contributed by atoms with van der Waals surface area (Å²) in [5, 5.41) is 17.4. The highest BCUT2D eigenvalue weighted by Crippen LogP contribution is 2.68. The third-order valence-corrected chi connectivity index (χ3v) is 9.77. The summed E-state index contributed by atoms with van der Waals surface area (Å²) in [5.41, 5.74) is 0.832. The van der Waals surface area contributed by atoms with E-state index in [1.165, 1.54) is 25.1 Å². The summed E-state index contributed by atoms with van der Waals surface area (Å²) in [6.07, 6.45) is 0. The Kier molecular flexibility index (Phi) is 6.84. The number of carboxylic acid groups (broad SMARTS) is 2. The summed E-state index contributed by atoms with van der Waals surface area (Å²) in [4.78, 5) is 21.4. The zero-order chi connectivity index (χ0) is 23.8. The highest BCUT2D eigenvalue weighted by molar-refractivity contribution is 7.86. The summed E-state index contributed by atoms with van der Waals surface area (Å²) >= 11 is 0. The van der Waals surface area contributed by atoms with Gasteiger partial charge in [0.05, 0.1) is 21.6 Å². The molecule has 3 rings (SSSR count). The van der Waals surface area contributed by atoms with Gasteiger partial charge in [-0.3, -0.25) is 4.18 Å². The van der Waals surface area contributed by atoms with Crippen LogP contribution in [-0.4, -0.2) is 46.4 Å². The molecule has 9 heteroatoms. The number of hydrogen-bond acceptors (Lipinski definition) is 5. The fraction of sp³-hybridized carbons (Fsp3) is 0.364. The van der Waals surface area contributed by atoms with Gasteiger partial charge in [-0.15, -0.1) is 0 Å². The molecule has 0 amide bonds. The van der Waals surface area contributed by atoms with E-state index in [0.29, 0.717) is 0 Å². The number of aryl methyl sites for hydroxylation is 1. The van der Waals surface area contributed by atoms with E-state index in [4.69, 9.17) is 14.4 Å². The lowest BCUT2D eigenvalue weighted by atomic mass is 10.0. The second-order valence-corrected chi connectivity index (χ2v) is 12.1. The lowest BCUT2D eigenvalue weighted by molar-refractivity contribution is 0.0696. The molecule has 0 bridgehead atoms. The number of hydrogen-bond donors (Lipinski definition) is 2. The number of carboxylic acids is 2. The molecule has 3 atom stereocenters. The Labute approximate surface area is 185 Å². The topological polar surface area (TPSA) is 118 Å². The van der Waals surface area contributed by atoms with Gasteiger partial charge in [-0.25, -0.2) is 9.59 Å². The molecular formula is C22H28O7SSi. The largest absolute Gasteiger partial charge is 0.478 e. The van der Waals surface area contributed by atoms with Crippen LogP contribution in [0.15, 0.2) is 47.4 Å². The number of carbonyl (C=O) groups is 2. The van der Waals surface area contributed by atoms with E-state index in [0.717, 1.165) is 15.8 Å².